The summed E-state index contributed by atoms with van der Waals surface area (Å²) < 4.78 is 4.86. The average molecular weight is 274 g/mol. The molecule has 20 heavy (non-hydrogen) atoms. The maximum Gasteiger partial charge on any atom is 0.330 e. The zero-order valence-electron chi connectivity index (χ0n) is 12.7. The Bertz CT molecular complexity index is 421. The Morgan fingerprint density at radius 3 is 2.45 bits per heavy atom. The van der Waals surface area contributed by atoms with E-state index < -0.39 is 0 Å². The van der Waals surface area contributed by atoms with Crippen LogP contribution in [0.25, 0.3) is 0 Å². The van der Waals surface area contributed by atoms with Gasteiger partial charge in [-0.25, -0.2) is 4.79 Å². The largest absolute Gasteiger partial charge is 0.463 e. The normalized spacial score (nSPS) is 10.9. The molecule has 1 aromatic carbocycles. The molecule has 0 amide bonds. The third kappa shape index (κ3) is 6.55. The standard InChI is InChI=1S/C18H26O2/c1-3-5-6-11-16-12-7-8-13-17(16)14-9-10-15-18(19)20-4-2/h7-8,10,12-13,15H,3-6,9,11,14H2,1-2H3/b15-10+. The Hall–Kier alpha value is -1.57. The highest BCUT2D eigenvalue weighted by molar-refractivity contribution is 5.81. The van der Waals surface area contributed by atoms with E-state index in [1.54, 1.807) is 0 Å². The van der Waals surface area contributed by atoms with E-state index in [1.807, 2.05) is 13.0 Å². The van der Waals surface area contributed by atoms with Gasteiger partial charge in [-0.3, -0.25) is 0 Å². The lowest BCUT2D eigenvalue weighted by Crippen LogP contribution is -1.99. The Labute approximate surface area is 122 Å². The van der Waals surface area contributed by atoms with Crippen molar-refractivity contribution in [2.75, 3.05) is 6.61 Å². The minimum atomic E-state index is -0.247. The molecule has 110 valence electrons. The summed E-state index contributed by atoms with van der Waals surface area (Å²) in [6.07, 6.45) is 10.3. The van der Waals surface area contributed by atoms with Gasteiger partial charge in [0.15, 0.2) is 0 Å². The summed E-state index contributed by atoms with van der Waals surface area (Å²) >= 11 is 0. The van der Waals surface area contributed by atoms with Crippen LogP contribution in [0.1, 0.15) is 50.7 Å². The average Bonchev–Trinajstić information content (AvgIpc) is 2.45. The van der Waals surface area contributed by atoms with Crippen LogP contribution >= 0.6 is 0 Å². The predicted octanol–water partition coefficient (Wildman–Crippen LogP) is 4.47. The lowest BCUT2D eigenvalue weighted by Gasteiger charge is -2.08. The van der Waals surface area contributed by atoms with E-state index in [2.05, 4.69) is 31.2 Å². The van der Waals surface area contributed by atoms with Gasteiger partial charge in [0.25, 0.3) is 0 Å². The fourth-order valence-electron chi connectivity index (χ4n) is 2.22. The zero-order valence-corrected chi connectivity index (χ0v) is 12.7. The first-order chi connectivity index (χ1) is 9.77. The van der Waals surface area contributed by atoms with E-state index in [0.717, 1.165) is 19.3 Å². The number of hydrogen-bond acceptors (Lipinski definition) is 2. The molecule has 2 heteroatoms. The summed E-state index contributed by atoms with van der Waals surface area (Å²) in [5.74, 6) is -0.247. The van der Waals surface area contributed by atoms with Crippen molar-refractivity contribution in [2.45, 2.75) is 52.4 Å². The van der Waals surface area contributed by atoms with Crippen LogP contribution in [0.4, 0.5) is 0 Å². The number of ether oxygens (including phenoxy) is 1. The lowest BCUT2D eigenvalue weighted by atomic mass is 9.98. The lowest BCUT2D eigenvalue weighted by molar-refractivity contribution is -0.137. The molecule has 0 radical (unpaired) electrons. The van der Waals surface area contributed by atoms with Crippen LogP contribution in [0.15, 0.2) is 36.4 Å². The number of esters is 1. The van der Waals surface area contributed by atoms with Crippen LogP contribution in [0, 0.1) is 0 Å². The third-order valence-corrected chi connectivity index (χ3v) is 3.29. The quantitative estimate of drug-likeness (QED) is 0.377. The Morgan fingerprint density at radius 1 is 1.10 bits per heavy atom. The smallest absolute Gasteiger partial charge is 0.330 e. The van der Waals surface area contributed by atoms with Gasteiger partial charge in [0.1, 0.15) is 0 Å². The van der Waals surface area contributed by atoms with Crippen LogP contribution in [0.5, 0.6) is 0 Å². The van der Waals surface area contributed by atoms with Crippen LogP contribution in [0.3, 0.4) is 0 Å². The number of allylic oxidation sites excluding steroid dienone is 1. The molecule has 2 nitrogen and oxygen atoms in total. The molecular weight excluding hydrogens is 248 g/mol. The molecule has 0 aliphatic carbocycles. The highest BCUT2D eigenvalue weighted by atomic mass is 16.5. The molecule has 0 saturated heterocycles. The molecule has 0 N–H and O–H groups in total. The van der Waals surface area contributed by atoms with E-state index in [-0.39, 0.29) is 5.97 Å². The highest BCUT2D eigenvalue weighted by Gasteiger charge is 2.01. The van der Waals surface area contributed by atoms with Crippen molar-refractivity contribution in [3.63, 3.8) is 0 Å². The number of aryl methyl sites for hydroxylation is 2. The van der Waals surface area contributed by atoms with Crippen molar-refractivity contribution in [3.8, 4) is 0 Å². The molecule has 0 aromatic heterocycles. The van der Waals surface area contributed by atoms with Crippen LogP contribution in [0.2, 0.25) is 0 Å². The van der Waals surface area contributed by atoms with Gasteiger partial charge in [0, 0.05) is 6.08 Å². The van der Waals surface area contributed by atoms with Crippen LogP contribution in [-0.4, -0.2) is 12.6 Å². The van der Waals surface area contributed by atoms with Gasteiger partial charge in [-0.15, -0.1) is 0 Å². The molecule has 0 spiro atoms. The molecule has 0 saturated carbocycles. The second-order valence-corrected chi connectivity index (χ2v) is 4.92. The number of benzene rings is 1. The Kier molecular flexibility index (Phi) is 8.44. The van der Waals surface area contributed by atoms with Gasteiger partial charge < -0.3 is 4.74 Å². The van der Waals surface area contributed by atoms with Crippen LogP contribution < -0.4 is 0 Å². The third-order valence-electron chi connectivity index (χ3n) is 3.29. The van der Waals surface area contributed by atoms with Gasteiger partial charge in [-0.1, -0.05) is 50.1 Å². The van der Waals surface area contributed by atoms with Crippen molar-refractivity contribution in [3.05, 3.63) is 47.5 Å². The summed E-state index contributed by atoms with van der Waals surface area (Å²) in [6, 6.07) is 8.62. The first-order valence-electron chi connectivity index (χ1n) is 7.68. The molecule has 0 bridgehead atoms. The topological polar surface area (TPSA) is 26.3 Å². The molecule has 0 aliphatic heterocycles. The first-order valence-corrected chi connectivity index (χ1v) is 7.68. The fraction of sp³-hybridized carbons (Fsp3) is 0.500. The molecule has 0 aliphatic rings. The molecule has 0 atom stereocenters. The zero-order chi connectivity index (χ0) is 14.6. The molecule has 1 aromatic rings. The summed E-state index contributed by atoms with van der Waals surface area (Å²) in [6.45, 7) is 4.48. The highest BCUT2D eigenvalue weighted by Crippen LogP contribution is 2.14. The Balaban J connectivity index is 2.44. The summed E-state index contributed by atoms with van der Waals surface area (Å²) in [4.78, 5) is 11.2. The second kappa shape index (κ2) is 10.2. The van der Waals surface area contributed by atoms with Gasteiger partial charge in [-0.05, 0) is 43.7 Å². The summed E-state index contributed by atoms with van der Waals surface area (Å²) in [7, 11) is 0. The number of rotatable bonds is 9. The van der Waals surface area contributed by atoms with Crippen molar-refractivity contribution in [1.29, 1.82) is 0 Å². The predicted molar refractivity (Wildman–Crippen MR) is 83.8 cm³/mol. The number of carbonyl (C=O) groups excluding carboxylic acids is 1. The molecule has 0 fully saturated rings. The maximum atomic E-state index is 11.2. The molecule has 0 unspecified atom stereocenters. The number of unbranched alkanes of at least 4 members (excludes halogenated alkanes) is 2. The monoisotopic (exact) mass is 274 g/mol. The molecule has 0 heterocycles. The number of carbonyl (C=O) groups is 1. The van der Waals surface area contributed by atoms with Gasteiger partial charge >= 0.3 is 5.97 Å². The van der Waals surface area contributed by atoms with E-state index in [0.29, 0.717) is 6.61 Å². The summed E-state index contributed by atoms with van der Waals surface area (Å²) in [5.41, 5.74) is 2.85. The van der Waals surface area contributed by atoms with Crippen molar-refractivity contribution < 1.29 is 9.53 Å². The summed E-state index contributed by atoms with van der Waals surface area (Å²) in [5, 5.41) is 0. The van der Waals surface area contributed by atoms with Gasteiger partial charge in [0.05, 0.1) is 6.61 Å². The minimum Gasteiger partial charge on any atom is -0.463 e. The van der Waals surface area contributed by atoms with E-state index in [9.17, 15) is 4.79 Å². The van der Waals surface area contributed by atoms with E-state index >= 15 is 0 Å². The second-order valence-electron chi connectivity index (χ2n) is 4.92. The Morgan fingerprint density at radius 2 is 1.80 bits per heavy atom. The van der Waals surface area contributed by atoms with Crippen molar-refractivity contribution in [2.24, 2.45) is 0 Å². The number of hydrogen-bond donors (Lipinski definition) is 0. The van der Waals surface area contributed by atoms with E-state index in [1.165, 1.54) is 36.5 Å². The first kappa shape index (κ1) is 16.5. The molecule has 1 rings (SSSR count). The maximum absolute atomic E-state index is 11.2. The van der Waals surface area contributed by atoms with Crippen molar-refractivity contribution >= 4 is 5.97 Å². The van der Waals surface area contributed by atoms with Crippen molar-refractivity contribution in [1.82, 2.24) is 0 Å². The minimum absolute atomic E-state index is 0.247. The van der Waals surface area contributed by atoms with E-state index in [4.69, 9.17) is 4.74 Å². The van der Waals surface area contributed by atoms with Gasteiger partial charge in [0.2, 0.25) is 0 Å². The van der Waals surface area contributed by atoms with Crippen LogP contribution in [-0.2, 0) is 22.4 Å². The SMILES string of the molecule is CCCCCc1ccccc1CC/C=C/C(=O)OCC. The van der Waals surface area contributed by atoms with Gasteiger partial charge in [-0.2, -0.15) is 0 Å². The molecular formula is C18H26O2. The fourth-order valence-corrected chi connectivity index (χ4v) is 2.22.